The summed E-state index contributed by atoms with van der Waals surface area (Å²) in [6, 6.07) is 2.18. The van der Waals surface area contributed by atoms with Crippen molar-refractivity contribution >= 4 is 17.6 Å². The van der Waals surface area contributed by atoms with E-state index < -0.39 is 5.97 Å². The number of rotatable bonds is 4. The van der Waals surface area contributed by atoms with Gasteiger partial charge in [-0.3, -0.25) is 4.79 Å². The number of methoxy groups -OCH3 is 1. The Kier molecular flexibility index (Phi) is 3.87. The molecule has 3 rings (SSSR count). The van der Waals surface area contributed by atoms with Gasteiger partial charge in [-0.25, -0.2) is 0 Å². The summed E-state index contributed by atoms with van der Waals surface area (Å²) in [5.74, 6) is -0.0447. The highest BCUT2D eigenvalue weighted by Crippen LogP contribution is 2.56. The van der Waals surface area contributed by atoms with Crippen molar-refractivity contribution in [2.45, 2.75) is 56.8 Å². The van der Waals surface area contributed by atoms with Crippen LogP contribution < -0.4 is 4.74 Å². The van der Waals surface area contributed by atoms with Crippen LogP contribution in [0, 0.1) is 0 Å². The van der Waals surface area contributed by atoms with E-state index in [0.717, 1.165) is 37.7 Å². The smallest absolute Gasteiger partial charge is 0.304 e. The Bertz CT molecular complexity index is 576. The van der Waals surface area contributed by atoms with Crippen LogP contribution >= 0.6 is 11.6 Å². The number of fused-ring (bicyclic) bond motifs is 1. The molecule has 1 aromatic rings. The quantitative estimate of drug-likeness (QED) is 0.851. The Morgan fingerprint density at radius 1 is 1.33 bits per heavy atom. The highest BCUT2D eigenvalue weighted by molar-refractivity contribution is 6.33. The second-order valence-electron chi connectivity index (χ2n) is 6.32. The molecule has 0 atom stereocenters. The molecule has 4 heteroatoms. The third kappa shape index (κ3) is 2.64. The lowest BCUT2D eigenvalue weighted by atomic mass is 9.87. The number of hydrogen-bond donors (Lipinski definition) is 1. The van der Waals surface area contributed by atoms with Crippen LogP contribution in [0.4, 0.5) is 0 Å². The molecule has 0 radical (unpaired) electrons. The topological polar surface area (TPSA) is 46.5 Å². The first kappa shape index (κ1) is 14.7. The van der Waals surface area contributed by atoms with Crippen LogP contribution in [0.3, 0.4) is 0 Å². The molecule has 0 heterocycles. The van der Waals surface area contributed by atoms with Gasteiger partial charge < -0.3 is 9.84 Å². The maximum absolute atomic E-state index is 11.2. The fourth-order valence-corrected chi connectivity index (χ4v) is 3.98. The molecule has 0 aromatic heterocycles. The van der Waals surface area contributed by atoms with Gasteiger partial charge in [0, 0.05) is 11.0 Å². The molecule has 0 bridgehead atoms. The van der Waals surface area contributed by atoms with Gasteiger partial charge in [0.25, 0.3) is 0 Å². The Morgan fingerprint density at radius 3 is 2.67 bits per heavy atom. The van der Waals surface area contributed by atoms with Gasteiger partial charge in [-0.05, 0) is 49.7 Å². The Morgan fingerprint density at radius 2 is 2.05 bits per heavy atom. The molecular formula is C17H21ClO3. The lowest BCUT2D eigenvalue weighted by Crippen LogP contribution is -2.15. The lowest BCUT2D eigenvalue weighted by Gasteiger charge is -2.22. The minimum atomic E-state index is -0.749. The zero-order valence-electron chi connectivity index (χ0n) is 12.4. The highest BCUT2D eigenvalue weighted by atomic mass is 35.5. The molecule has 21 heavy (non-hydrogen) atoms. The first-order valence-corrected chi connectivity index (χ1v) is 8.06. The van der Waals surface area contributed by atoms with Gasteiger partial charge >= 0.3 is 5.97 Å². The summed E-state index contributed by atoms with van der Waals surface area (Å²) in [5.41, 5.74) is 3.26. The van der Waals surface area contributed by atoms with E-state index in [-0.39, 0.29) is 11.8 Å². The van der Waals surface area contributed by atoms with Crippen molar-refractivity contribution in [3.63, 3.8) is 0 Å². The van der Waals surface area contributed by atoms with Crippen LogP contribution in [0.1, 0.15) is 55.2 Å². The molecule has 0 aliphatic heterocycles. The standard InChI is InChI=1S/C17H21ClO3/c1-21-16-13(17(7-8-17)10-14(19)20)9-11-5-3-2-4-6-12(11)15(16)18/h9H,2-8,10H2,1H3,(H,19,20). The monoisotopic (exact) mass is 308 g/mol. The Labute approximate surface area is 130 Å². The molecule has 2 aliphatic carbocycles. The summed E-state index contributed by atoms with van der Waals surface area (Å²) in [4.78, 5) is 11.2. The van der Waals surface area contributed by atoms with E-state index in [1.54, 1.807) is 7.11 Å². The first-order valence-electron chi connectivity index (χ1n) is 7.68. The lowest BCUT2D eigenvalue weighted by molar-refractivity contribution is -0.137. The normalized spacial score (nSPS) is 19.5. The van der Waals surface area contributed by atoms with E-state index in [1.807, 2.05) is 0 Å². The summed E-state index contributed by atoms with van der Waals surface area (Å²) >= 11 is 6.60. The number of ether oxygens (including phenoxy) is 1. The number of aryl methyl sites for hydroxylation is 1. The predicted octanol–water partition coefficient (Wildman–Crippen LogP) is 4.12. The third-order valence-corrected chi connectivity index (χ3v) is 5.31. The number of carboxylic acid groups (broad SMARTS) is 1. The molecule has 2 aliphatic rings. The van der Waals surface area contributed by atoms with E-state index in [4.69, 9.17) is 16.3 Å². The maximum Gasteiger partial charge on any atom is 0.304 e. The number of hydrogen-bond acceptors (Lipinski definition) is 2. The van der Waals surface area contributed by atoms with Crippen LogP contribution in [0.25, 0.3) is 0 Å². The molecule has 0 unspecified atom stereocenters. The first-order chi connectivity index (χ1) is 10.1. The van der Waals surface area contributed by atoms with Gasteiger partial charge in [0.05, 0.1) is 18.6 Å². The number of halogens is 1. The molecule has 114 valence electrons. The molecule has 1 aromatic carbocycles. The van der Waals surface area contributed by atoms with Gasteiger partial charge in [-0.2, -0.15) is 0 Å². The van der Waals surface area contributed by atoms with Crippen LogP contribution in [-0.2, 0) is 23.1 Å². The summed E-state index contributed by atoms with van der Waals surface area (Å²) in [6.07, 6.45) is 7.58. The molecule has 1 N–H and O–H groups in total. The minimum Gasteiger partial charge on any atom is -0.495 e. The third-order valence-electron chi connectivity index (χ3n) is 4.91. The SMILES string of the molecule is COc1c(C2(CC(=O)O)CC2)cc2c(c1Cl)CCCCC2. The molecule has 0 amide bonds. The molecule has 1 fully saturated rings. The summed E-state index contributed by atoms with van der Waals surface area (Å²) < 4.78 is 5.57. The zero-order valence-corrected chi connectivity index (χ0v) is 13.1. The van der Waals surface area contributed by atoms with Crippen LogP contribution in [0.15, 0.2) is 6.07 Å². The highest BCUT2D eigenvalue weighted by Gasteiger charge is 2.48. The molecule has 3 nitrogen and oxygen atoms in total. The molecular weight excluding hydrogens is 288 g/mol. The predicted molar refractivity (Wildman–Crippen MR) is 82.4 cm³/mol. The van der Waals surface area contributed by atoms with Gasteiger partial charge in [0.2, 0.25) is 0 Å². The van der Waals surface area contributed by atoms with Crippen molar-refractivity contribution in [1.29, 1.82) is 0 Å². The van der Waals surface area contributed by atoms with E-state index in [0.29, 0.717) is 10.8 Å². The molecule has 0 saturated heterocycles. The largest absolute Gasteiger partial charge is 0.495 e. The van der Waals surface area contributed by atoms with Gasteiger partial charge in [-0.1, -0.05) is 24.1 Å². The van der Waals surface area contributed by atoms with Crippen LogP contribution in [0.2, 0.25) is 5.02 Å². The van der Waals surface area contributed by atoms with Crippen molar-refractivity contribution in [1.82, 2.24) is 0 Å². The second kappa shape index (κ2) is 5.53. The average Bonchev–Trinajstić information content (AvgIpc) is 3.22. The van der Waals surface area contributed by atoms with Crippen molar-refractivity contribution in [2.75, 3.05) is 7.11 Å². The van der Waals surface area contributed by atoms with Gasteiger partial charge in [0.1, 0.15) is 5.75 Å². The number of carbonyl (C=O) groups is 1. The van der Waals surface area contributed by atoms with E-state index in [2.05, 4.69) is 6.07 Å². The van der Waals surface area contributed by atoms with Crippen molar-refractivity contribution in [3.8, 4) is 5.75 Å². The maximum atomic E-state index is 11.2. The van der Waals surface area contributed by atoms with E-state index in [9.17, 15) is 9.90 Å². The Hall–Kier alpha value is -1.22. The molecule has 1 saturated carbocycles. The van der Waals surface area contributed by atoms with Crippen molar-refractivity contribution in [3.05, 3.63) is 27.8 Å². The fourth-order valence-electron chi connectivity index (χ4n) is 3.59. The number of carboxylic acids is 1. The van der Waals surface area contributed by atoms with E-state index in [1.165, 1.54) is 24.0 Å². The summed E-state index contributed by atoms with van der Waals surface area (Å²) in [7, 11) is 1.63. The molecule has 0 spiro atoms. The zero-order chi connectivity index (χ0) is 15.0. The van der Waals surface area contributed by atoms with E-state index >= 15 is 0 Å². The summed E-state index contributed by atoms with van der Waals surface area (Å²) in [6.45, 7) is 0. The number of aliphatic carboxylic acids is 1. The Balaban J connectivity index is 2.10. The van der Waals surface area contributed by atoms with Crippen molar-refractivity contribution < 1.29 is 14.6 Å². The van der Waals surface area contributed by atoms with Crippen molar-refractivity contribution in [2.24, 2.45) is 0 Å². The average molecular weight is 309 g/mol. The van der Waals surface area contributed by atoms with Crippen LogP contribution in [0.5, 0.6) is 5.75 Å². The van der Waals surface area contributed by atoms with Crippen LogP contribution in [-0.4, -0.2) is 18.2 Å². The summed E-state index contributed by atoms with van der Waals surface area (Å²) in [5, 5.41) is 9.90. The van der Waals surface area contributed by atoms with Gasteiger partial charge in [0.15, 0.2) is 0 Å². The number of benzene rings is 1. The minimum absolute atomic E-state index is 0.165. The fraction of sp³-hybridized carbons (Fsp3) is 0.588. The van der Waals surface area contributed by atoms with Gasteiger partial charge in [-0.15, -0.1) is 0 Å². The second-order valence-corrected chi connectivity index (χ2v) is 6.70.